The maximum Gasteiger partial charge on any atom is 0.124 e. The largest absolute Gasteiger partial charge is 0.497 e. The van der Waals surface area contributed by atoms with E-state index < -0.39 is 0 Å². The monoisotopic (exact) mass is 225 g/mol. The van der Waals surface area contributed by atoms with E-state index in [9.17, 15) is 0 Å². The topological polar surface area (TPSA) is 39.7 Å². The highest BCUT2D eigenvalue weighted by molar-refractivity contribution is 5.41. The SMILES string of the molecule is CNC[C@H](OC)c1cc(OC)ccc1OC. The molecule has 0 radical (unpaired) electrons. The molecule has 0 aliphatic heterocycles. The van der Waals surface area contributed by atoms with Gasteiger partial charge in [-0.1, -0.05) is 0 Å². The lowest BCUT2D eigenvalue weighted by Gasteiger charge is -2.18. The van der Waals surface area contributed by atoms with E-state index in [1.165, 1.54) is 0 Å². The van der Waals surface area contributed by atoms with Gasteiger partial charge in [0.05, 0.1) is 20.3 Å². The molecule has 4 heteroatoms. The van der Waals surface area contributed by atoms with E-state index in [1.807, 2.05) is 25.2 Å². The minimum Gasteiger partial charge on any atom is -0.497 e. The first-order valence-corrected chi connectivity index (χ1v) is 5.16. The van der Waals surface area contributed by atoms with Crippen molar-refractivity contribution in [2.75, 3.05) is 34.9 Å². The van der Waals surface area contributed by atoms with Crippen LogP contribution in [0.2, 0.25) is 0 Å². The Morgan fingerprint density at radius 2 is 1.94 bits per heavy atom. The van der Waals surface area contributed by atoms with Crippen molar-refractivity contribution < 1.29 is 14.2 Å². The molecule has 0 spiro atoms. The van der Waals surface area contributed by atoms with Gasteiger partial charge in [-0.15, -0.1) is 0 Å². The van der Waals surface area contributed by atoms with Gasteiger partial charge in [-0.3, -0.25) is 0 Å². The van der Waals surface area contributed by atoms with Crippen molar-refractivity contribution in [3.8, 4) is 11.5 Å². The van der Waals surface area contributed by atoms with Crippen LogP contribution in [0.4, 0.5) is 0 Å². The van der Waals surface area contributed by atoms with Gasteiger partial charge >= 0.3 is 0 Å². The Hall–Kier alpha value is -1.26. The third-order valence-corrected chi connectivity index (χ3v) is 2.46. The summed E-state index contributed by atoms with van der Waals surface area (Å²) in [6.07, 6.45) is -0.0463. The Kier molecular flexibility index (Phi) is 5.08. The van der Waals surface area contributed by atoms with Crippen LogP contribution >= 0.6 is 0 Å². The van der Waals surface area contributed by atoms with E-state index >= 15 is 0 Å². The summed E-state index contributed by atoms with van der Waals surface area (Å²) in [6, 6.07) is 5.69. The molecule has 1 aromatic carbocycles. The lowest BCUT2D eigenvalue weighted by atomic mass is 10.1. The van der Waals surface area contributed by atoms with Crippen molar-refractivity contribution in [3.63, 3.8) is 0 Å². The average Bonchev–Trinajstić information content (AvgIpc) is 2.35. The second kappa shape index (κ2) is 6.35. The summed E-state index contributed by atoms with van der Waals surface area (Å²) in [5, 5.41) is 3.08. The first kappa shape index (κ1) is 12.8. The number of hydrogen-bond donors (Lipinski definition) is 1. The van der Waals surface area contributed by atoms with Crippen LogP contribution in [0.25, 0.3) is 0 Å². The molecule has 0 aliphatic carbocycles. The minimum atomic E-state index is -0.0463. The summed E-state index contributed by atoms with van der Waals surface area (Å²) >= 11 is 0. The number of likely N-dealkylation sites (N-methyl/N-ethyl adjacent to an activating group) is 1. The second-order valence-corrected chi connectivity index (χ2v) is 3.39. The van der Waals surface area contributed by atoms with Crippen LogP contribution in [0.5, 0.6) is 11.5 Å². The summed E-state index contributed by atoms with van der Waals surface area (Å²) in [4.78, 5) is 0. The van der Waals surface area contributed by atoms with Crippen molar-refractivity contribution in [1.29, 1.82) is 0 Å². The normalized spacial score (nSPS) is 12.2. The lowest BCUT2D eigenvalue weighted by molar-refractivity contribution is 0.101. The van der Waals surface area contributed by atoms with E-state index in [-0.39, 0.29) is 6.10 Å². The number of nitrogens with one attached hydrogen (secondary N) is 1. The van der Waals surface area contributed by atoms with E-state index in [0.717, 1.165) is 23.6 Å². The Morgan fingerprint density at radius 1 is 1.19 bits per heavy atom. The number of methoxy groups -OCH3 is 3. The van der Waals surface area contributed by atoms with Gasteiger partial charge in [0.2, 0.25) is 0 Å². The van der Waals surface area contributed by atoms with E-state index in [1.54, 1.807) is 21.3 Å². The zero-order valence-corrected chi connectivity index (χ0v) is 10.2. The van der Waals surface area contributed by atoms with Crippen molar-refractivity contribution in [2.45, 2.75) is 6.10 Å². The predicted octanol–water partition coefficient (Wildman–Crippen LogP) is 1.61. The minimum absolute atomic E-state index is 0.0463. The van der Waals surface area contributed by atoms with Gasteiger partial charge in [-0.25, -0.2) is 0 Å². The molecule has 0 aliphatic rings. The molecule has 0 saturated heterocycles. The van der Waals surface area contributed by atoms with Crippen molar-refractivity contribution >= 4 is 0 Å². The summed E-state index contributed by atoms with van der Waals surface area (Å²) in [7, 11) is 6.86. The fourth-order valence-electron chi connectivity index (χ4n) is 1.60. The summed E-state index contributed by atoms with van der Waals surface area (Å²) < 4.78 is 15.9. The fraction of sp³-hybridized carbons (Fsp3) is 0.500. The van der Waals surface area contributed by atoms with Gasteiger partial charge in [0.1, 0.15) is 11.5 Å². The molecule has 0 heterocycles. The number of hydrogen-bond acceptors (Lipinski definition) is 4. The second-order valence-electron chi connectivity index (χ2n) is 3.39. The number of ether oxygens (including phenoxy) is 3. The molecule has 1 rings (SSSR count). The standard InChI is InChI=1S/C12H19NO3/c1-13-8-12(16-4)10-7-9(14-2)5-6-11(10)15-3/h5-7,12-13H,8H2,1-4H3/t12-/m0/s1. The molecule has 0 amide bonds. The lowest BCUT2D eigenvalue weighted by Crippen LogP contribution is -2.19. The maximum atomic E-state index is 5.42. The number of benzene rings is 1. The van der Waals surface area contributed by atoms with Crippen LogP contribution in [0, 0.1) is 0 Å². The molecule has 0 saturated carbocycles. The molecule has 1 aromatic rings. The third-order valence-electron chi connectivity index (χ3n) is 2.46. The zero-order chi connectivity index (χ0) is 12.0. The molecule has 16 heavy (non-hydrogen) atoms. The maximum absolute atomic E-state index is 5.42. The van der Waals surface area contributed by atoms with Crippen molar-refractivity contribution in [1.82, 2.24) is 5.32 Å². The average molecular weight is 225 g/mol. The van der Waals surface area contributed by atoms with E-state index in [2.05, 4.69) is 5.32 Å². The number of rotatable bonds is 6. The first-order chi connectivity index (χ1) is 7.76. The van der Waals surface area contributed by atoms with Crippen molar-refractivity contribution in [3.05, 3.63) is 23.8 Å². The predicted molar refractivity (Wildman–Crippen MR) is 63.2 cm³/mol. The molecule has 0 bridgehead atoms. The third kappa shape index (κ3) is 2.87. The molecule has 1 N–H and O–H groups in total. The van der Waals surface area contributed by atoms with Crippen LogP contribution in [0.1, 0.15) is 11.7 Å². The smallest absolute Gasteiger partial charge is 0.124 e. The van der Waals surface area contributed by atoms with Crippen LogP contribution in [-0.4, -0.2) is 34.9 Å². The summed E-state index contributed by atoms with van der Waals surface area (Å²) in [6.45, 7) is 0.722. The molecule has 4 nitrogen and oxygen atoms in total. The van der Waals surface area contributed by atoms with Crippen LogP contribution < -0.4 is 14.8 Å². The van der Waals surface area contributed by atoms with Gasteiger partial charge in [-0.05, 0) is 25.2 Å². The summed E-state index contributed by atoms with van der Waals surface area (Å²) in [5.74, 6) is 1.61. The first-order valence-electron chi connectivity index (χ1n) is 5.16. The molecule has 90 valence electrons. The molecular formula is C12H19NO3. The van der Waals surface area contributed by atoms with Crippen LogP contribution in [0.3, 0.4) is 0 Å². The van der Waals surface area contributed by atoms with E-state index in [0.29, 0.717) is 0 Å². The van der Waals surface area contributed by atoms with E-state index in [4.69, 9.17) is 14.2 Å². The molecule has 1 atom stereocenters. The highest BCUT2D eigenvalue weighted by Crippen LogP contribution is 2.30. The van der Waals surface area contributed by atoms with Gasteiger partial charge in [0.25, 0.3) is 0 Å². The highest BCUT2D eigenvalue weighted by atomic mass is 16.5. The Balaban J connectivity index is 3.05. The van der Waals surface area contributed by atoms with Crippen molar-refractivity contribution in [2.24, 2.45) is 0 Å². The molecule has 0 aromatic heterocycles. The summed E-state index contributed by atoms with van der Waals surface area (Å²) in [5.41, 5.74) is 0.985. The van der Waals surface area contributed by atoms with Crippen LogP contribution in [-0.2, 0) is 4.74 Å². The Bertz CT molecular complexity index is 328. The fourth-order valence-corrected chi connectivity index (χ4v) is 1.60. The Labute approximate surface area is 96.5 Å². The van der Waals surface area contributed by atoms with Crippen LogP contribution in [0.15, 0.2) is 18.2 Å². The molecular weight excluding hydrogens is 206 g/mol. The quantitative estimate of drug-likeness (QED) is 0.798. The Morgan fingerprint density at radius 3 is 2.44 bits per heavy atom. The van der Waals surface area contributed by atoms with Gasteiger partial charge in [0, 0.05) is 19.2 Å². The van der Waals surface area contributed by atoms with Gasteiger partial charge < -0.3 is 19.5 Å². The van der Waals surface area contributed by atoms with Gasteiger partial charge in [0.15, 0.2) is 0 Å². The molecule has 0 unspecified atom stereocenters. The van der Waals surface area contributed by atoms with Gasteiger partial charge in [-0.2, -0.15) is 0 Å². The highest BCUT2D eigenvalue weighted by Gasteiger charge is 2.15. The zero-order valence-electron chi connectivity index (χ0n) is 10.2. The molecule has 0 fully saturated rings.